The Labute approximate surface area is 139 Å². The molecule has 0 unspecified atom stereocenters. The zero-order valence-electron chi connectivity index (χ0n) is 13.1. The quantitative estimate of drug-likeness (QED) is 0.643. The fraction of sp³-hybridized carbons (Fsp3) is 0.158. The summed E-state index contributed by atoms with van der Waals surface area (Å²) < 4.78 is 15.9. The zero-order chi connectivity index (χ0) is 16.5. The van der Waals surface area contributed by atoms with Crippen molar-refractivity contribution >= 4 is 17.9 Å². The van der Waals surface area contributed by atoms with Crippen molar-refractivity contribution in [2.75, 3.05) is 6.79 Å². The number of rotatable bonds is 3. The van der Waals surface area contributed by atoms with Crippen LogP contribution >= 0.6 is 0 Å². The molecule has 5 nitrogen and oxygen atoms in total. The Kier molecular flexibility index (Phi) is 3.54. The molecule has 0 saturated heterocycles. The summed E-state index contributed by atoms with van der Waals surface area (Å²) in [6.45, 7) is 2.30. The Morgan fingerprint density at radius 2 is 1.88 bits per heavy atom. The Balaban J connectivity index is 1.63. The molecule has 0 N–H and O–H groups in total. The molecule has 2 aromatic carbocycles. The first-order valence-electron chi connectivity index (χ1n) is 7.74. The van der Waals surface area contributed by atoms with Crippen LogP contribution in [0, 0.1) is 0 Å². The second-order valence-electron chi connectivity index (χ2n) is 5.50. The highest BCUT2D eigenvalue weighted by Crippen LogP contribution is 2.33. The summed E-state index contributed by atoms with van der Waals surface area (Å²) in [5.74, 6) is 1.12. The van der Waals surface area contributed by atoms with Crippen LogP contribution < -0.4 is 9.47 Å². The average molecular weight is 321 g/mol. The van der Waals surface area contributed by atoms with E-state index in [0.717, 1.165) is 12.0 Å². The molecule has 0 aliphatic carbocycles. The molecule has 5 heteroatoms. The molecule has 2 aliphatic heterocycles. The van der Waals surface area contributed by atoms with E-state index >= 15 is 0 Å². The number of hydrogen-bond acceptors (Lipinski definition) is 5. The van der Waals surface area contributed by atoms with Gasteiger partial charge in [-0.15, -0.1) is 0 Å². The van der Waals surface area contributed by atoms with Crippen molar-refractivity contribution in [1.29, 1.82) is 0 Å². The SMILES string of the molecule is CCc1ccc(/C=C2/N=C(c3ccc4c(c3)OCO4)OC2=O)cc1. The summed E-state index contributed by atoms with van der Waals surface area (Å²) in [6, 6.07) is 13.3. The zero-order valence-corrected chi connectivity index (χ0v) is 13.1. The highest BCUT2D eigenvalue weighted by atomic mass is 16.7. The molecule has 120 valence electrons. The Morgan fingerprint density at radius 1 is 1.08 bits per heavy atom. The molecule has 0 amide bonds. The van der Waals surface area contributed by atoms with Gasteiger partial charge in [-0.2, -0.15) is 0 Å². The number of aryl methyl sites for hydroxylation is 1. The third-order valence-electron chi connectivity index (χ3n) is 3.93. The molecule has 2 aromatic rings. The van der Waals surface area contributed by atoms with Crippen LogP contribution in [0.4, 0.5) is 0 Å². The smallest absolute Gasteiger partial charge is 0.363 e. The molecule has 0 saturated carbocycles. The van der Waals surface area contributed by atoms with E-state index in [1.165, 1.54) is 5.56 Å². The summed E-state index contributed by atoms with van der Waals surface area (Å²) in [7, 11) is 0. The van der Waals surface area contributed by atoms with Gasteiger partial charge in [-0.25, -0.2) is 9.79 Å². The number of fused-ring (bicyclic) bond motifs is 1. The minimum atomic E-state index is -0.456. The first-order chi connectivity index (χ1) is 11.7. The molecule has 0 aromatic heterocycles. The monoisotopic (exact) mass is 321 g/mol. The van der Waals surface area contributed by atoms with Crippen LogP contribution in [-0.2, 0) is 16.0 Å². The lowest BCUT2D eigenvalue weighted by atomic mass is 10.1. The van der Waals surface area contributed by atoms with E-state index in [1.807, 2.05) is 24.3 Å². The van der Waals surface area contributed by atoms with Gasteiger partial charge in [-0.1, -0.05) is 31.2 Å². The van der Waals surface area contributed by atoms with Gasteiger partial charge in [0.25, 0.3) is 0 Å². The number of nitrogens with zero attached hydrogens (tertiary/aromatic N) is 1. The fourth-order valence-electron chi connectivity index (χ4n) is 2.57. The van der Waals surface area contributed by atoms with E-state index in [2.05, 4.69) is 11.9 Å². The van der Waals surface area contributed by atoms with Crippen molar-refractivity contribution in [2.45, 2.75) is 13.3 Å². The highest BCUT2D eigenvalue weighted by Gasteiger charge is 2.25. The Morgan fingerprint density at radius 3 is 2.67 bits per heavy atom. The van der Waals surface area contributed by atoms with Crippen LogP contribution in [-0.4, -0.2) is 18.7 Å². The lowest BCUT2D eigenvalue weighted by molar-refractivity contribution is -0.129. The molecule has 0 atom stereocenters. The third kappa shape index (κ3) is 2.65. The molecule has 24 heavy (non-hydrogen) atoms. The first kappa shape index (κ1) is 14.5. The van der Waals surface area contributed by atoms with E-state index < -0.39 is 5.97 Å². The Hall–Kier alpha value is -3.08. The van der Waals surface area contributed by atoms with Gasteiger partial charge < -0.3 is 14.2 Å². The van der Waals surface area contributed by atoms with E-state index in [4.69, 9.17) is 14.2 Å². The molecule has 0 fully saturated rings. The molecular formula is C19H15NO4. The van der Waals surface area contributed by atoms with Gasteiger partial charge in [-0.3, -0.25) is 0 Å². The van der Waals surface area contributed by atoms with Crippen molar-refractivity contribution < 1.29 is 19.0 Å². The summed E-state index contributed by atoms with van der Waals surface area (Å²) in [4.78, 5) is 16.4. The maximum absolute atomic E-state index is 12.1. The number of aliphatic imine (C=N–C) groups is 1. The minimum Gasteiger partial charge on any atom is -0.454 e. The van der Waals surface area contributed by atoms with E-state index in [0.29, 0.717) is 17.1 Å². The normalized spacial score (nSPS) is 17.1. The van der Waals surface area contributed by atoms with Gasteiger partial charge in [-0.05, 0) is 41.8 Å². The maximum Gasteiger partial charge on any atom is 0.363 e. The van der Waals surface area contributed by atoms with Crippen molar-refractivity contribution in [2.24, 2.45) is 4.99 Å². The lowest BCUT2D eigenvalue weighted by Crippen LogP contribution is -2.05. The van der Waals surface area contributed by atoms with Gasteiger partial charge in [0.15, 0.2) is 17.2 Å². The van der Waals surface area contributed by atoms with Gasteiger partial charge in [0.1, 0.15) is 0 Å². The van der Waals surface area contributed by atoms with Crippen LogP contribution in [0.2, 0.25) is 0 Å². The number of carbonyl (C=O) groups excluding carboxylic acids is 1. The molecule has 2 aliphatic rings. The van der Waals surface area contributed by atoms with Crippen LogP contribution in [0.3, 0.4) is 0 Å². The number of ether oxygens (including phenoxy) is 3. The summed E-state index contributed by atoms with van der Waals surface area (Å²) in [5, 5.41) is 0. The molecule has 0 spiro atoms. The highest BCUT2D eigenvalue weighted by molar-refractivity contribution is 6.13. The first-order valence-corrected chi connectivity index (χ1v) is 7.74. The van der Waals surface area contributed by atoms with Crippen LogP contribution in [0.25, 0.3) is 6.08 Å². The van der Waals surface area contributed by atoms with Gasteiger partial charge >= 0.3 is 5.97 Å². The molecule has 0 radical (unpaired) electrons. The minimum absolute atomic E-state index is 0.198. The molecule has 2 heterocycles. The second kappa shape index (κ2) is 5.85. The molecular weight excluding hydrogens is 306 g/mol. The van der Waals surface area contributed by atoms with Crippen molar-refractivity contribution in [1.82, 2.24) is 0 Å². The fourth-order valence-corrected chi connectivity index (χ4v) is 2.57. The standard InChI is InChI=1S/C19H15NO4/c1-2-12-3-5-13(6-4-12)9-15-19(21)24-18(20-15)14-7-8-16-17(10-14)23-11-22-16/h3-10H,2,11H2,1H3/b15-9+. The number of hydrogen-bond donors (Lipinski definition) is 0. The van der Waals surface area contributed by atoms with Gasteiger partial charge in [0.05, 0.1) is 0 Å². The third-order valence-corrected chi connectivity index (χ3v) is 3.93. The van der Waals surface area contributed by atoms with Gasteiger partial charge in [0.2, 0.25) is 12.7 Å². The number of esters is 1. The molecule has 4 rings (SSSR count). The Bertz CT molecular complexity index is 865. The predicted octanol–water partition coefficient (Wildman–Crippen LogP) is 3.32. The average Bonchev–Trinajstić information content (AvgIpc) is 3.22. The van der Waals surface area contributed by atoms with E-state index in [-0.39, 0.29) is 18.4 Å². The van der Waals surface area contributed by atoms with Crippen molar-refractivity contribution in [3.05, 3.63) is 64.9 Å². The van der Waals surface area contributed by atoms with E-state index in [9.17, 15) is 4.79 Å². The van der Waals surface area contributed by atoms with Crippen LogP contribution in [0.15, 0.2) is 53.2 Å². The molecule has 0 bridgehead atoms. The van der Waals surface area contributed by atoms with Gasteiger partial charge in [0, 0.05) is 5.56 Å². The largest absolute Gasteiger partial charge is 0.454 e. The summed E-state index contributed by atoms with van der Waals surface area (Å²) in [5.41, 5.74) is 3.12. The maximum atomic E-state index is 12.1. The topological polar surface area (TPSA) is 57.1 Å². The summed E-state index contributed by atoms with van der Waals surface area (Å²) >= 11 is 0. The number of cyclic esters (lactones) is 1. The van der Waals surface area contributed by atoms with Crippen LogP contribution in [0.5, 0.6) is 11.5 Å². The second-order valence-corrected chi connectivity index (χ2v) is 5.50. The summed E-state index contributed by atoms with van der Waals surface area (Å²) in [6.07, 6.45) is 2.70. The lowest BCUT2D eigenvalue weighted by Gasteiger charge is -2.01. The van der Waals surface area contributed by atoms with E-state index in [1.54, 1.807) is 24.3 Å². The number of carbonyl (C=O) groups is 1. The van der Waals surface area contributed by atoms with Crippen LogP contribution in [0.1, 0.15) is 23.6 Å². The number of benzene rings is 2. The predicted molar refractivity (Wildman–Crippen MR) is 89.0 cm³/mol. The van der Waals surface area contributed by atoms with Crippen molar-refractivity contribution in [3.63, 3.8) is 0 Å². The van der Waals surface area contributed by atoms with Crippen molar-refractivity contribution in [3.8, 4) is 11.5 Å².